The van der Waals surface area contributed by atoms with Gasteiger partial charge in [-0.25, -0.2) is 4.79 Å². The minimum absolute atomic E-state index is 0.234. The van der Waals surface area contributed by atoms with Gasteiger partial charge in [0.25, 0.3) is 5.91 Å². The molecule has 0 bridgehead atoms. The number of hydrogen-bond donors (Lipinski definition) is 2. The summed E-state index contributed by atoms with van der Waals surface area (Å²) in [6.07, 6.45) is 1.81. The van der Waals surface area contributed by atoms with Gasteiger partial charge in [-0.15, -0.1) is 0 Å². The summed E-state index contributed by atoms with van der Waals surface area (Å²) in [5.41, 5.74) is 0.0153. The van der Waals surface area contributed by atoms with Crippen molar-refractivity contribution in [1.29, 1.82) is 0 Å². The highest BCUT2D eigenvalue weighted by Gasteiger charge is 2.40. The van der Waals surface area contributed by atoms with Crippen LogP contribution in [-0.4, -0.2) is 26.8 Å². The van der Waals surface area contributed by atoms with Crippen molar-refractivity contribution in [1.82, 2.24) is 15.1 Å². The van der Waals surface area contributed by atoms with Crippen LogP contribution in [0, 0.1) is 6.92 Å². The van der Waals surface area contributed by atoms with Crippen molar-refractivity contribution in [3.8, 4) is 0 Å². The minimum Gasteiger partial charge on any atom is -0.479 e. The lowest BCUT2D eigenvalue weighted by atomic mass is 9.87. The van der Waals surface area contributed by atoms with E-state index in [1.54, 1.807) is 57.4 Å². The lowest BCUT2D eigenvalue weighted by molar-refractivity contribution is -0.145. The molecule has 0 aliphatic carbocycles. The van der Waals surface area contributed by atoms with Crippen LogP contribution in [0.25, 0.3) is 0 Å². The number of carbonyl (C=O) groups is 2. The number of carbonyl (C=O) groups excluding carboxylic acids is 1. The maximum absolute atomic E-state index is 12.5. The molecule has 0 spiro atoms. The van der Waals surface area contributed by atoms with Crippen LogP contribution >= 0.6 is 0 Å². The Morgan fingerprint density at radius 1 is 1.32 bits per heavy atom. The van der Waals surface area contributed by atoms with Gasteiger partial charge in [-0.1, -0.05) is 37.3 Å². The third-order valence-corrected chi connectivity index (χ3v) is 3.75. The maximum atomic E-state index is 12.5. The lowest BCUT2D eigenvalue weighted by Gasteiger charge is -2.29. The van der Waals surface area contributed by atoms with Gasteiger partial charge >= 0.3 is 5.97 Å². The molecule has 1 heterocycles. The predicted molar refractivity (Wildman–Crippen MR) is 81.5 cm³/mol. The number of aromatic nitrogens is 2. The van der Waals surface area contributed by atoms with Gasteiger partial charge in [0.1, 0.15) is 0 Å². The third-order valence-electron chi connectivity index (χ3n) is 3.75. The maximum Gasteiger partial charge on any atom is 0.334 e. The molecule has 1 aromatic heterocycles. The topological polar surface area (TPSA) is 84.2 Å². The second-order valence-corrected chi connectivity index (χ2v) is 5.19. The number of carboxylic acids is 1. The SMILES string of the molecule is CC[C@](NC(=O)c1cn(C)nc1C)(C(=O)O)c1ccccc1. The van der Waals surface area contributed by atoms with Crippen LogP contribution in [0.4, 0.5) is 0 Å². The van der Waals surface area contributed by atoms with E-state index >= 15 is 0 Å². The Hall–Kier alpha value is -2.63. The number of nitrogens with one attached hydrogen (secondary N) is 1. The number of amides is 1. The Balaban J connectivity index is 2.42. The summed E-state index contributed by atoms with van der Waals surface area (Å²) in [5, 5.41) is 16.5. The fraction of sp³-hybridized carbons (Fsp3) is 0.312. The molecular weight excluding hydrogens is 282 g/mol. The Labute approximate surface area is 128 Å². The van der Waals surface area contributed by atoms with E-state index in [0.717, 1.165) is 0 Å². The Bertz CT molecular complexity index is 694. The summed E-state index contributed by atoms with van der Waals surface area (Å²) in [4.78, 5) is 24.4. The molecule has 22 heavy (non-hydrogen) atoms. The average Bonchev–Trinajstić information content (AvgIpc) is 2.84. The fourth-order valence-corrected chi connectivity index (χ4v) is 2.50. The van der Waals surface area contributed by atoms with Crippen molar-refractivity contribution < 1.29 is 14.7 Å². The fourth-order valence-electron chi connectivity index (χ4n) is 2.50. The first kappa shape index (κ1) is 15.8. The molecule has 0 saturated heterocycles. The summed E-state index contributed by atoms with van der Waals surface area (Å²) in [6, 6.07) is 8.72. The molecule has 0 saturated carbocycles. The van der Waals surface area contributed by atoms with E-state index in [4.69, 9.17) is 0 Å². The standard InChI is InChI=1S/C16H19N3O3/c1-4-16(15(21)22,12-8-6-5-7-9-12)17-14(20)13-10-19(3)18-11(13)2/h5-10H,4H2,1-3H3,(H,17,20)(H,21,22)/t16-/m1/s1. The normalized spacial score (nSPS) is 13.4. The van der Waals surface area contributed by atoms with Crippen molar-refractivity contribution >= 4 is 11.9 Å². The second kappa shape index (κ2) is 6.01. The van der Waals surface area contributed by atoms with Crippen molar-refractivity contribution in [3.63, 3.8) is 0 Å². The molecule has 0 aliphatic rings. The number of nitrogens with zero attached hydrogens (tertiary/aromatic N) is 2. The van der Waals surface area contributed by atoms with E-state index < -0.39 is 17.4 Å². The smallest absolute Gasteiger partial charge is 0.334 e. The van der Waals surface area contributed by atoms with Crippen LogP contribution in [0.1, 0.15) is 35.0 Å². The highest BCUT2D eigenvalue weighted by molar-refractivity contribution is 5.98. The van der Waals surface area contributed by atoms with E-state index in [2.05, 4.69) is 10.4 Å². The number of benzene rings is 1. The highest BCUT2D eigenvalue weighted by atomic mass is 16.4. The molecular formula is C16H19N3O3. The first-order valence-corrected chi connectivity index (χ1v) is 7.02. The summed E-state index contributed by atoms with van der Waals surface area (Å²) < 4.78 is 1.53. The number of aryl methyl sites for hydroxylation is 2. The molecule has 0 radical (unpaired) electrons. The van der Waals surface area contributed by atoms with Gasteiger partial charge in [0.15, 0.2) is 5.54 Å². The zero-order valence-electron chi connectivity index (χ0n) is 12.8. The van der Waals surface area contributed by atoms with E-state index in [1.807, 2.05) is 0 Å². The molecule has 2 rings (SSSR count). The molecule has 116 valence electrons. The Morgan fingerprint density at radius 2 is 1.95 bits per heavy atom. The van der Waals surface area contributed by atoms with Crippen LogP contribution < -0.4 is 5.32 Å². The van der Waals surface area contributed by atoms with Crippen molar-refractivity contribution in [2.45, 2.75) is 25.8 Å². The van der Waals surface area contributed by atoms with Gasteiger partial charge < -0.3 is 10.4 Å². The number of aliphatic carboxylic acids is 1. The minimum atomic E-state index is -1.46. The van der Waals surface area contributed by atoms with Gasteiger partial charge in [0.05, 0.1) is 11.3 Å². The molecule has 1 atom stereocenters. The van der Waals surface area contributed by atoms with Crippen LogP contribution in [0.3, 0.4) is 0 Å². The van der Waals surface area contributed by atoms with Gasteiger partial charge in [-0.05, 0) is 18.9 Å². The first-order valence-electron chi connectivity index (χ1n) is 7.02. The molecule has 6 nitrogen and oxygen atoms in total. The van der Waals surface area contributed by atoms with Gasteiger partial charge in [-0.2, -0.15) is 5.10 Å². The van der Waals surface area contributed by atoms with Crippen LogP contribution in [0.5, 0.6) is 0 Å². The van der Waals surface area contributed by atoms with E-state index in [1.165, 1.54) is 4.68 Å². The molecule has 1 aromatic carbocycles. The summed E-state index contributed by atoms with van der Waals surface area (Å²) in [5.74, 6) is -1.53. The first-order chi connectivity index (χ1) is 10.4. The lowest BCUT2D eigenvalue weighted by Crippen LogP contribution is -2.51. The monoisotopic (exact) mass is 301 g/mol. The summed E-state index contributed by atoms with van der Waals surface area (Å²) in [6.45, 7) is 3.45. The molecule has 0 aliphatic heterocycles. The van der Waals surface area contributed by atoms with E-state index in [-0.39, 0.29) is 6.42 Å². The third kappa shape index (κ3) is 2.72. The van der Waals surface area contributed by atoms with Gasteiger partial charge in [-0.3, -0.25) is 9.48 Å². The Kier molecular flexibility index (Phi) is 4.30. The van der Waals surface area contributed by atoms with Gasteiger partial charge in [0, 0.05) is 13.2 Å². The summed E-state index contributed by atoms with van der Waals surface area (Å²) in [7, 11) is 1.71. The van der Waals surface area contributed by atoms with Crippen molar-refractivity contribution in [2.75, 3.05) is 0 Å². The summed E-state index contributed by atoms with van der Waals surface area (Å²) >= 11 is 0. The van der Waals surface area contributed by atoms with Crippen molar-refractivity contribution in [3.05, 3.63) is 53.3 Å². The van der Waals surface area contributed by atoms with Crippen LogP contribution in [0.15, 0.2) is 36.5 Å². The molecule has 0 fully saturated rings. The van der Waals surface area contributed by atoms with Crippen LogP contribution in [-0.2, 0) is 17.4 Å². The van der Waals surface area contributed by atoms with Gasteiger partial charge in [0.2, 0.25) is 0 Å². The zero-order valence-corrected chi connectivity index (χ0v) is 12.8. The van der Waals surface area contributed by atoms with Crippen LogP contribution in [0.2, 0.25) is 0 Å². The molecule has 2 N–H and O–H groups in total. The van der Waals surface area contributed by atoms with E-state index in [9.17, 15) is 14.7 Å². The largest absolute Gasteiger partial charge is 0.479 e. The number of carboxylic acid groups (broad SMARTS) is 1. The number of hydrogen-bond acceptors (Lipinski definition) is 3. The highest BCUT2D eigenvalue weighted by Crippen LogP contribution is 2.26. The molecule has 1 amide bonds. The predicted octanol–water partition coefficient (Wildman–Crippen LogP) is 1.85. The molecule has 0 unspecified atom stereocenters. The van der Waals surface area contributed by atoms with Crippen molar-refractivity contribution in [2.24, 2.45) is 7.05 Å². The quantitative estimate of drug-likeness (QED) is 0.882. The van der Waals surface area contributed by atoms with E-state index in [0.29, 0.717) is 16.8 Å². The second-order valence-electron chi connectivity index (χ2n) is 5.19. The Morgan fingerprint density at radius 3 is 2.41 bits per heavy atom. The molecule has 2 aromatic rings. The number of rotatable bonds is 5. The zero-order chi connectivity index (χ0) is 16.3. The molecule has 6 heteroatoms. The average molecular weight is 301 g/mol.